The van der Waals surface area contributed by atoms with Gasteiger partial charge >= 0.3 is 0 Å². The van der Waals surface area contributed by atoms with Gasteiger partial charge in [-0.3, -0.25) is 4.79 Å². The first-order valence-electron chi connectivity index (χ1n) is 2.76. The van der Waals surface area contributed by atoms with Gasteiger partial charge in [0.25, 0.3) is 0 Å². The lowest BCUT2D eigenvalue weighted by molar-refractivity contribution is -0.114. The normalized spacial score (nSPS) is 15.7. The second kappa shape index (κ2) is 3.47. The van der Waals surface area contributed by atoms with E-state index in [1.54, 1.807) is 6.92 Å². The smallest absolute Gasteiger partial charge is 0.222 e. The Labute approximate surface area is 61.2 Å². The second-order valence-electron chi connectivity index (χ2n) is 2.06. The van der Waals surface area contributed by atoms with Crippen LogP contribution in [0.1, 0.15) is 13.8 Å². The maximum absolute atomic E-state index is 10.5. The molecule has 0 aliphatic heterocycles. The van der Waals surface area contributed by atoms with E-state index in [9.17, 15) is 4.79 Å². The molecule has 0 N–H and O–H groups in total. The minimum absolute atomic E-state index is 0.0324. The van der Waals surface area contributed by atoms with Crippen LogP contribution in [0.4, 0.5) is 0 Å². The highest BCUT2D eigenvalue weighted by atomic mass is 32.1. The lowest BCUT2D eigenvalue weighted by atomic mass is 9.99. The Kier molecular flexibility index (Phi) is 3.26. The van der Waals surface area contributed by atoms with Crippen LogP contribution in [0.5, 0.6) is 0 Å². The van der Waals surface area contributed by atoms with E-state index in [0.29, 0.717) is 0 Å². The Morgan fingerprint density at radius 2 is 2.11 bits per heavy atom. The van der Waals surface area contributed by atoms with Crippen LogP contribution in [0, 0.1) is 24.2 Å². The zero-order valence-electron chi connectivity index (χ0n) is 5.55. The Morgan fingerprint density at radius 3 is 2.22 bits per heavy atom. The van der Waals surface area contributed by atoms with Gasteiger partial charge in [-0.15, -0.1) is 12.3 Å². The molecule has 0 amide bonds. The predicted molar refractivity (Wildman–Crippen MR) is 39.8 cm³/mol. The zero-order valence-corrected chi connectivity index (χ0v) is 6.37. The molecule has 0 rings (SSSR count). The van der Waals surface area contributed by atoms with Crippen molar-refractivity contribution >= 4 is 17.7 Å². The standard InChI is InChI=1S/C7H9OS/c1-4-5(2)6(3)7(8)9/h1,5-6H,2-3H3. The third kappa shape index (κ3) is 2.48. The Morgan fingerprint density at radius 1 is 1.67 bits per heavy atom. The maximum atomic E-state index is 10.5. The van der Waals surface area contributed by atoms with E-state index in [2.05, 4.69) is 18.5 Å². The summed E-state index contributed by atoms with van der Waals surface area (Å²) in [5.74, 6) is 2.25. The van der Waals surface area contributed by atoms with Gasteiger partial charge in [-0.05, 0) is 12.6 Å². The molecule has 0 saturated carbocycles. The van der Waals surface area contributed by atoms with E-state index >= 15 is 0 Å². The Hall–Kier alpha value is -0.550. The van der Waals surface area contributed by atoms with Crippen LogP contribution >= 0.6 is 12.6 Å². The highest BCUT2D eigenvalue weighted by Crippen LogP contribution is 2.11. The molecule has 0 aromatic carbocycles. The summed E-state index contributed by atoms with van der Waals surface area (Å²) in [5.41, 5.74) is 0. The van der Waals surface area contributed by atoms with Gasteiger partial charge in [0.1, 0.15) is 0 Å². The first kappa shape index (κ1) is 8.45. The topological polar surface area (TPSA) is 17.1 Å². The van der Waals surface area contributed by atoms with Gasteiger partial charge in [0.05, 0.1) is 0 Å². The number of terminal acetylenes is 1. The van der Waals surface area contributed by atoms with Crippen LogP contribution in [-0.4, -0.2) is 5.12 Å². The van der Waals surface area contributed by atoms with E-state index in [1.807, 2.05) is 6.92 Å². The molecule has 0 aromatic heterocycles. The molecule has 1 nitrogen and oxygen atoms in total. The van der Waals surface area contributed by atoms with Crippen molar-refractivity contribution < 1.29 is 4.79 Å². The molecule has 0 spiro atoms. The van der Waals surface area contributed by atoms with Crippen LogP contribution in [-0.2, 0) is 4.79 Å². The van der Waals surface area contributed by atoms with Gasteiger partial charge < -0.3 is 0 Å². The number of rotatable bonds is 2. The van der Waals surface area contributed by atoms with E-state index in [1.165, 1.54) is 0 Å². The molecule has 0 heterocycles. The van der Waals surface area contributed by atoms with Gasteiger partial charge in [0.15, 0.2) is 0 Å². The van der Waals surface area contributed by atoms with Crippen molar-refractivity contribution in [1.29, 1.82) is 0 Å². The summed E-state index contributed by atoms with van der Waals surface area (Å²) in [4.78, 5) is 10.5. The van der Waals surface area contributed by atoms with Crippen LogP contribution in [0.25, 0.3) is 0 Å². The molecule has 9 heavy (non-hydrogen) atoms. The van der Waals surface area contributed by atoms with Gasteiger partial charge in [-0.1, -0.05) is 13.8 Å². The number of carbonyl (C=O) groups excluding carboxylic acids is 1. The van der Waals surface area contributed by atoms with Crippen LogP contribution in [0.2, 0.25) is 0 Å². The predicted octanol–water partition coefficient (Wildman–Crippen LogP) is 1.62. The van der Waals surface area contributed by atoms with E-state index in [0.717, 1.165) is 0 Å². The molecule has 0 bridgehead atoms. The fraction of sp³-hybridized carbons (Fsp3) is 0.571. The first-order valence-corrected chi connectivity index (χ1v) is 3.17. The minimum atomic E-state index is -0.250. The van der Waals surface area contributed by atoms with Crippen molar-refractivity contribution in [2.24, 2.45) is 11.8 Å². The fourth-order valence-electron chi connectivity index (χ4n) is 0.348. The molecule has 49 valence electrons. The van der Waals surface area contributed by atoms with Crippen LogP contribution < -0.4 is 0 Å². The third-order valence-corrected chi connectivity index (χ3v) is 1.76. The van der Waals surface area contributed by atoms with Crippen molar-refractivity contribution in [3.05, 3.63) is 0 Å². The average molecular weight is 141 g/mol. The summed E-state index contributed by atoms with van der Waals surface area (Å²) in [5, 5.41) is -0.250. The number of carbonyl (C=O) groups is 1. The Bertz CT molecular complexity index is 145. The number of hydrogen-bond donors (Lipinski definition) is 0. The van der Waals surface area contributed by atoms with Crippen molar-refractivity contribution in [3.8, 4) is 12.3 Å². The number of hydrogen-bond acceptors (Lipinski definition) is 1. The van der Waals surface area contributed by atoms with Crippen LogP contribution in [0.15, 0.2) is 0 Å². The largest absolute Gasteiger partial charge is 0.282 e. The zero-order chi connectivity index (χ0) is 7.44. The van der Waals surface area contributed by atoms with E-state index < -0.39 is 0 Å². The van der Waals surface area contributed by atoms with Gasteiger partial charge in [-0.25, -0.2) is 0 Å². The van der Waals surface area contributed by atoms with Crippen molar-refractivity contribution in [2.75, 3.05) is 0 Å². The second-order valence-corrected chi connectivity index (χ2v) is 2.47. The molecule has 2 heteroatoms. The van der Waals surface area contributed by atoms with Crippen molar-refractivity contribution in [2.45, 2.75) is 13.8 Å². The molecule has 0 saturated heterocycles. The monoisotopic (exact) mass is 141 g/mol. The lowest BCUT2D eigenvalue weighted by Gasteiger charge is -2.07. The minimum Gasteiger partial charge on any atom is -0.282 e. The lowest BCUT2D eigenvalue weighted by Crippen LogP contribution is -2.12. The summed E-state index contributed by atoms with van der Waals surface area (Å²) in [6, 6.07) is 0. The summed E-state index contributed by atoms with van der Waals surface area (Å²) < 4.78 is 0. The molecule has 0 aromatic rings. The molecular weight excluding hydrogens is 132 g/mol. The highest BCUT2D eigenvalue weighted by molar-refractivity contribution is 7.96. The van der Waals surface area contributed by atoms with Gasteiger partial charge in [0, 0.05) is 11.8 Å². The molecule has 0 fully saturated rings. The molecule has 0 aliphatic carbocycles. The summed E-state index contributed by atoms with van der Waals surface area (Å²) in [6.07, 6.45) is 5.06. The van der Waals surface area contributed by atoms with Crippen molar-refractivity contribution in [3.63, 3.8) is 0 Å². The van der Waals surface area contributed by atoms with Gasteiger partial charge in [0.2, 0.25) is 5.12 Å². The summed E-state index contributed by atoms with van der Waals surface area (Å²) >= 11 is 4.41. The first-order chi connectivity index (χ1) is 4.09. The van der Waals surface area contributed by atoms with E-state index in [4.69, 9.17) is 6.42 Å². The molecule has 0 aliphatic rings. The quantitative estimate of drug-likeness (QED) is 0.534. The summed E-state index contributed by atoms with van der Waals surface area (Å²) in [7, 11) is 0. The Balaban J connectivity index is 3.91. The SMILES string of the molecule is C#CC(C)C(C)C(=O)[S]. The summed E-state index contributed by atoms with van der Waals surface area (Å²) in [6.45, 7) is 3.56. The molecule has 2 atom stereocenters. The molecule has 2 unspecified atom stereocenters. The van der Waals surface area contributed by atoms with Crippen LogP contribution in [0.3, 0.4) is 0 Å². The molecule has 1 radical (unpaired) electrons. The fourth-order valence-corrected chi connectivity index (χ4v) is 0.553. The maximum Gasteiger partial charge on any atom is 0.222 e. The van der Waals surface area contributed by atoms with E-state index in [-0.39, 0.29) is 17.0 Å². The molecular formula is C7H9OS. The van der Waals surface area contributed by atoms with Crippen molar-refractivity contribution in [1.82, 2.24) is 0 Å². The average Bonchev–Trinajstić information content (AvgIpc) is 1.84. The van der Waals surface area contributed by atoms with Gasteiger partial charge in [-0.2, -0.15) is 0 Å². The highest BCUT2D eigenvalue weighted by Gasteiger charge is 2.15. The third-order valence-electron chi connectivity index (χ3n) is 1.38.